The van der Waals surface area contributed by atoms with Crippen molar-refractivity contribution >= 4 is 17.4 Å². The van der Waals surface area contributed by atoms with Gasteiger partial charge in [0.2, 0.25) is 5.91 Å². The first kappa shape index (κ1) is 19.6. The molecular formula is C23H29N5O. The maximum Gasteiger partial charge on any atom is 0.252 e. The van der Waals surface area contributed by atoms with E-state index in [9.17, 15) is 4.79 Å². The monoisotopic (exact) mass is 391 g/mol. The van der Waals surface area contributed by atoms with Crippen molar-refractivity contribution in [3.63, 3.8) is 0 Å². The van der Waals surface area contributed by atoms with Crippen LogP contribution in [0.2, 0.25) is 0 Å². The van der Waals surface area contributed by atoms with Crippen molar-refractivity contribution in [3.8, 4) is 0 Å². The molecule has 152 valence electrons. The lowest BCUT2D eigenvalue weighted by atomic mass is 9.89. The van der Waals surface area contributed by atoms with E-state index in [0.29, 0.717) is 11.7 Å². The van der Waals surface area contributed by atoms with Crippen molar-refractivity contribution in [2.45, 2.75) is 72.1 Å². The summed E-state index contributed by atoms with van der Waals surface area (Å²) in [5.41, 5.74) is 5.72. The fourth-order valence-corrected chi connectivity index (χ4v) is 4.37. The molecule has 1 fully saturated rings. The van der Waals surface area contributed by atoms with Crippen molar-refractivity contribution in [3.05, 3.63) is 52.1 Å². The molecule has 0 unspecified atom stereocenters. The SMILES string of the molecule is Cc1cccc(C)c1NC(=O)Cc1c(C)nc2nc(C3CCCCC3)nn2c1C. The van der Waals surface area contributed by atoms with Crippen LogP contribution in [0.1, 0.15) is 71.9 Å². The standard InChI is InChI=1S/C23H29N5O/c1-14-9-8-10-15(2)21(14)25-20(29)13-19-16(3)24-23-26-22(27-28(23)17(19)4)18-11-6-5-7-12-18/h8-10,18H,5-7,11-13H2,1-4H3,(H,25,29). The molecule has 3 aromatic rings. The molecule has 0 bridgehead atoms. The lowest BCUT2D eigenvalue weighted by Crippen LogP contribution is -2.19. The van der Waals surface area contributed by atoms with Crippen LogP contribution in [0.15, 0.2) is 18.2 Å². The normalized spacial score (nSPS) is 15.0. The fraction of sp³-hybridized carbons (Fsp3) is 0.478. The van der Waals surface area contributed by atoms with E-state index in [1.165, 1.54) is 19.3 Å². The summed E-state index contributed by atoms with van der Waals surface area (Å²) in [6.07, 6.45) is 6.37. The Balaban J connectivity index is 1.60. The van der Waals surface area contributed by atoms with Crippen LogP contribution in [0.25, 0.3) is 5.78 Å². The summed E-state index contributed by atoms with van der Waals surface area (Å²) < 4.78 is 1.82. The highest BCUT2D eigenvalue weighted by molar-refractivity contribution is 5.94. The van der Waals surface area contributed by atoms with Gasteiger partial charge >= 0.3 is 0 Å². The number of nitrogens with one attached hydrogen (secondary N) is 1. The molecule has 1 aliphatic rings. The molecule has 6 heteroatoms. The summed E-state index contributed by atoms with van der Waals surface area (Å²) in [6, 6.07) is 6.02. The number of rotatable bonds is 4. The Hall–Kier alpha value is -2.76. The highest BCUT2D eigenvalue weighted by Gasteiger charge is 2.22. The van der Waals surface area contributed by atoms with E-state index in [2.05, 4.69) is 10.3 Å². The molecule has 1 saturated carbocycles. The maximum atomic E-state index is 12.8. The Morgan fingerprint density at radius 3 is 2.45 bits per heavy atom. The van der Waals surface area contributed by atoms with Gasteiger partial charge in [0, 0.05) is 28.6 Å². The van der Waals surface area contributed by atoms with Crippen LogP contribution in [0.3, 0.4) is 0 Å². The molecule has 4 rings (SSSR count). The van der Waals surface area contributed by atoms with Crippen molar-refractivity contribution in [1.29, 1.82) is 0 Å². The quantitative estimate of drug-likeness (QED) is 0.706. The molecule has 6 nitrogen and oxygen atoms in total. The minimum absolute atomic E-state index is 0.0395. The first-order valence-corrected chi connectivity index (χ1v) is 10.5. The summed E-state index contributed by atoms with van der Waals surface area (Å²) in [5, 5.41) is 7.84. The Kier molecular flexibility index (Phi) is 5.35. The second-order valence-corrected chi connectivity index (χ2v) is 8.27. The molecule has 1 aromatic carbocycles. The average molecular weight is 392 g/mol. The zero-order valence-electron chi connectivity index (χ0n) is 17.7. The lowest BCUT2D eigenvalue weighted by Gasteiger charge is -2.17. The van der Waals surface area contributed by atoms with Gasteiger partial charge in [0.15, 0.2) is 5.82 Å². The van der Waals surface area contributed by atoms with Gasteiger partial charge in [-0.1, -0.05) is 37.5 Å². The van der Waals surface area contributed by atoms with Crippen molar-refractivity contribution < 1.29 is 4.79 Å². The predicted octanol–water partition coefficient (Wildman–Crippen LogP) is 4.59. The number of amides is 1. The Morgan fingerprint density at radius 2 is 1.76 bits per heavy atom. The second-order valence-electron chi connectivity index (χ2n) is 8.27. The van der Waals surface area contributed by atoms with E-state index in [-0.39, 0.29) is 12.3 Å². The maximum absolute atomic E-state index is 12.8. The molecule has 0 radical (unpaired) electrons. The van der Waals surface area contributed by atoms with E-state index >= 15 is 0 Å². The number of fused-ring (bicyclic) bond motifs is 1. The largest absolute Gasteiger partial charge is 0.325 e. The Morgan fingerprint density at radius 1 is 1.07 bits per heavy atom. The number of hydrogen-bond donors (Lipinski definition) is 1. The van der Waals surface area contributed by atoms with E-state index in [1.54, 1.807) is 0 Å². The van der Waals surface area contributed by atoms with Crippen molar-refractivity contribution in [2.75, 3.05) is 5.32 Å². The summed E-state index contributed by atoms with van der Waals surface area (Å²) in [5.74, 6) is 1.93. The number of carbonyl (C=O) groups excluding carboxylic acids is 1. The van der Waals surface area contributed by atoms with E-state index in [1.807, 2.05) is 50.4 Å². The van der Waals surface area contributed by atoms with Gasteiger partial charge in [-0.15, -0.1) is 5.10 Å². The number of benzene rings is 1. The highest BCUT2D eigenvalue weighted by atomic mass is 16.1. The Bertz CT molecular complexity index is 1040. The van der Waals surface area contributed by atoms with Crippen LogP contribution in [0.4, 0.5) is 5.69 Å². The van der Waals surface area contributed by atoms with Gasteiger partial charge < -0.3 is 5.32 Å². The third-order valence-electron chi connectivity index (χ3n) is 6.12. The van der Waals surface area contributed by atoms with Gasteiger partial charge in [0.1, 0.15) is 0 Å². The zero-order valence-corrected chi connectivity index (χ0v) is 17.7. The van der Waals surface area contributed by atoms with Gasteiger partial charge in [-0.25, -0.2) is 9.50 Å². The smallest absolute Gasteiger partial charge is 0.252 e. The molecular weight excluding hydrogens is 362 g/mol. The molecule has 0 saturated heterocycles. The van der Waals surface area contributed by atoms with Crippen LogP contribution < -0.4 is 5.32 Å². The number of carbonyl (C=O) groups is 1. The topological polar surface area (TPSA) is 72.2 Å². The first-order chi connectivity index (χ1) is 13.9. The van der Waals surface area contributed by atoms with Gasteiger partial charge in [-0.05, 0) is 51.7 Å². The predicted molar refractivity (Wildman–Crippen MR) is 114 cm³/mol. The van der Waals surface area contributed by atoms with Crippen molar-refractivity contribution in [1.82, 2.24) is 19.6 Å². The van der Waals surface area contributed by atoms with Crippen LogP contribution in [0.5, 0.6) is 0 Å². The molecule has 2 heterocycles. The van der Waals surface area contributed by atoms with E-state index in [4.69, 9.17) is 10.1 Å². The summed E-state index contributed by atoms with van der Waals surface area (Å²) >= 11 is 0. The minimum atomic E-state index is -0.0395. The minimum Gasteiger partial charge on any atom is -0.325 e. The molecule has 1 amide bonds. The van der Waals surface area contributed by atoms with Gasteiger partial charge in [-0.3, -0.25) is 4.79 Å². The first-order valence-electron chi connectivity index (χ1n) is 10.5. The van der Waals surface area contributed by atoms with E-state index < -0.39 is 0 Å². The van der Waals surface area contributed by atoms with Crippen molar-refractivity contribution in [2.24, 2.45) is 0 Å². The third-order valence-corrected chi connectivity index (χ3v) is 6.12. The number of aryl methyl sites for hydroxylation is 4. The van der Waals surface area contributed by atoms with Gasteiger partial charge in [0.25, 0.3) is 5.78 Å². The van der Waals surface area contributed by atoms with Crippen LogP contribution >= 0.6 is 0 Å². The number of hydrogen-bond acceptors (Lipinski definition) is 4. The van der Waals surface area contributed by atoms with Crippen LogP contribution in [-0.2, 0) is 11.2 Å². The fourth-order valence-electron chi connectivity index (χ4n) is 4.37. The summed E-state index contributed by atoms with van der Waals surface area (Å²) in [7, 11) is 0. The van der Waals surface area contributed by atoms with Gasteiger partial charge in [-0.2, -0.15) is 4.98 Å². The molecule has 1 N–H and O–H groups in total. The summed E-state index contributed by atoms with van der Waals surface area (Å²) in [4.78, 5) is 22.2. The zero-order chi connectivity index (χ0) is 20.5. The number of anilines is 1. The number of nitrogens with zero attached hydrogens (tertiary/aromatic N) is 4. The molecule has 0 atom stereocenters. The molecule has 2 aromatic heterocycles. The second kappa shape index (κ2) is 7.93. The molecule has 1 aliphatic carbocycles. The van der Waals surface area contributed by atoms with Crippen LogP contribution in [0, 0.1) is 27.7 Å². The van der Waals surface area contributed by atoms with E-state index in [0.717, 1.165) is 52.4 Å². The number of para-hydroxylation sites is 1. The molecule has 0 spiro atoms. The van der Waals surface area contributed by atoms with Crippen LogP contribution in [-0.4, -0.2) is 25.5 Å². The molecule has 0 aliphatic heterocycles. The highest BCUT2D eigenvalue weighted by Crippen LogP contribution is 2.31. The summed E-state index contributed by atoms with van der Waals surface area (Å²) in [6.45, 7) is 7.97. The average Bonchev–Trinajstić information content (AvgIpc) is 3.13. The number of aromatic nitrogens is 4. The lowest BCUT2D eigenvalue weighted by molar-refractivity contribution is -0.115. The molecule has 29 heavy (non-hydrogen) atoms. The van der Waals surface area contributed by atoms with Gasteiger partial charge in [0.05, 0.1) is 6.42 Å². The third kappa shape index (κ3) is 3.88. The Labute approximate surface area is 171 Å².